The number of nitrogens with two attached hydrogens (primary N) is 1. The van der Waals surface area contributed by atoms with Crippen molar-refractivity contribution in [3.63, 3.8) is 0 Å². The second-order valence-corrected chi connectivity index (χ2v) is 5.33. The van der Waals surface area contributed by atoms with E-state index in [-0.39, 0.29) is 0 Å². The first-order valence-corrected chi connectivity index (χ1v) is 7.44. The minimum atomic E-state index is -1.89. The van der Waals surface area contributed by atoms with Crippen LogP contribution in [0.1, 0.15) is 16.9 Å². The SMILES string of the molecule is NC(=O)C(O)(c1ccccc1)c1ccc(OCc2ccco2)cc1. The van der Waals surface area contributed by atoms with Gasteiger partial charge in [0.15, 0.2) is 5.60 Å². The summed E-state index contributed by atoms with van der Waals surface area (Å²) in [7, 11) is 0. The van der Waals surface area contributed by atoms with E-state index in [9.17, 15) is 9.90 Å². The maximum atomic E-state index is 11.9. The van der Waals surface area contributed by atoms with Gasteiger partial charge in [-0.3, -0.25) is 4.79 Å². The van der Waals surface area contributed by atoms with Crippen LogP contribution in [0.15, 0.2) is 77.4 Å². The Bertz CT molecular complexity index is 797. The van der Waals surface area contributed by atoms with E-state index in [2.05, 4.69) is 0 Å². The molecule has 1 atom stereocenters. The topological polar surface area (TPSA) is 85.7 Å². The Morgan fingerprint density at radius 3 is 2.25 bits per heavy atom. The van der Waals surface area contributed by atoms with Crippen molar-refractivity contribution in [1.82, 2.24) is 0 Å². The van der Waals surface area contributed by atoms with Crippen molar-refractivity contribution < 1.29 is 19.1 Å². The number of hydrogen-bond acceptors (Lipinski definition) is 4. The molecule has 5 heteroatoms. The zero-order valence-corrected chi connectivity index (χ0v) is 12.9. The molecule has 0 aliphatic heterocycles. The van der Waals surface area contributed by atoms with Gasteiger partial charge in [0.2, 0.25) is 0 Å². The summed E-state index contributed by atoms with van der Waals surface area (Å²) in [6.07, 6.45) is 1.58. The van der Waals surface area contributed by atoms with Gasteiger partial charge in [-0.2, -0.15) is 0 Å². The molecule has 1 heterocycles. The highest BCUT2D eigenvalue weighted by Crippen LogP contribution is 2.30. The number of carbonyl (C=O) groups excluding carboxylic acids is 1. The molecule has 0 aliphatic rings. The van der Waals surface area contributed by atoms with Crippen molar-refractivity contribution in [3.05, 3.63) is 89.9 Å². The number of rotatable bonds is 6. The lowest BCUT2D eigenvalue weighted by molar-refractivity contribution is -0.133. The van der Waals surface area contributed by atoms with Crippen LogP contribution in [-0.4, -0.2) is 11.0 Å². The first-order valence-electron chi connectivity index (χ1n) is 7.44. The Hall–Kier alpha value is -3.05. The van der Waals surface area contributed by atoms with Gasteiger partial charge >= 0.3 is 0 Å². The lowest BCUT2D eigenvalue weighted by Crippen LogP contribution is -2.42. The highest BCUT2D eigenvalue weighted by atomic mass is 16.5. The van der Waals surface area contributed by atoms with Crippen molar-refractivity contribution in [2.45, 2.75) is 12.2 Å². The highest BCUT2D eigenvalue weighted by Gasteiger charge is 2.37. The molecule has 122 valence electrons. The fourth-order valence-corrected chi connectivity index (χ4v) is 2.47. The van der Waals surface area contributed by atoms with Crippen molar-refractivity contribution in [3.8, 4) is 5.75 Å². The molecule has 0 saturated heterocycles. The van der Waals surface area contributed by atoms with Crippen molar-refractivity contribution in [1.29, 1.82) is 0 Å². The number of carbonyl (C=O) groups is 1. The number of benzene rings is 2. The Morgan fingerprint density at radius 2 is 1.67 bits per heavy atom. The molecule has 1 unspecified atom stereocenters. The van der Waals surface area contributed by atoms with Crippen LogP contribution in [0.5, 0.6) is 5.75 Å². The third-order valence-corrected chi connectivity index (χ3v) is 3.78. The average Bonchev–Trinajstić information content (AvgIpc) is 3.14. The van der Waals surface area contributed by atoms with Crippen LogP contribution in [0.2, 0.25) is 0 Å². The Morgan fingerprint density at radius 1 is 1.00 bits per heavy atom. The summed E-state index contributed by atoms with van der Waals surface area (Å²) >= 11 is 0. The van der Waals surface area contributed by atoms with Gasteiger partial charge in [0.05, 0.1) is 6.26 Å². The molecular weight excluding hydrogens is 306 g/mol. The largest absolute Gasteiger partial charge is 0.486 e. The lowest BCUT2D eigenvalue weighted by atomic mass is 9.86. The normalized spacial score (nSPS) is 13.2. The maximum absolute atomic E-state index is 11.9. The van der Waals surface area contributed by atoms with Crippen molar-refractivity contribution >= 4 is 5.91 Å². The van der Waals surface area contributed by atoms with Gasteiger partial charge in [-0.05, 0) is 35.4 Å². The molecule has 3 rings (SSSR count). The van der Waals surface area contributed by atoms with Crippen LogP contribution in [0.3, 0.4) is 0 Å². The van der Waals surface area contributed by atoms with Crippen LogP contribution in [0.25, 0.3) is 0 Å². The quantitative estimate of drug-likeness (QED) is 0.730. The molecule has 2 aromatic carbocycles. The van der Waals surface area contributed by atoms with Gasteiger partial charge in [-0.1, -0.05) is 42.5 Å². The van der Waals surface area contributed by atoms with Crippen LogP contribution in [0, 0.1) is 0 Å². The average molecular weight is 323 g/mol. The number of ether oxygens (including phenoxy) is 1. The summed E-state index contributed by atoms with van der Waals surface area (Å²) in [5.41, 5.74) is 4.37. The molecule has 0 radical (unpaired) electrons. The summed E-state index contributed by atoms with van der Waals surface area (Å²) < 4.78 is 10.8. The molecule has 0 fully saturated rings. The first-order chi connectivity index (χ1) is 11.6. The van der Waals surface area contributed by atoms with Crippen molar-refractivity contribution in [2.75, 3.05) is 0 Å². The van der Waals surface area contributed by atoms with Crippen LogP contribution >= 0.6 is 0 Å². The van der Waals surface area contributed by atoms with Crippen LogP contribution in [0.4, 0.5) is 0 Å². The van der Waals surface area contributed by atoms with E-state index in [1.54, 1.807) is 66.9 Å². The first kappa shape index (κ1) is 15.8. The molecule has 0 aliphatic carbocycles. The number of amides is 1. The van der Waals surface area contributed by atoms with Gasteiger partial charge in [0.25, 0.3) is 5.91 Å². The number of furan rings is 1. The van der Waals surface area contributed by atoms with Gasteiger partial charge in [0.1, 0.15) is 18.1 Å². The van der Waals surface area contributed by atoms with E-state index in [1.165, 1.54) is 0 Å². The number of aliphatic hydroxyl groups is 1. The van der Waals surface area contributed by atoms with Crippen LogP contribution in [-0.2, 0) is 17.0 Å². The van der Waals surface area contributed by atoms with Gasteiger partial charge in [0, 0.05) is 0 Å². The summed E-state index contributed by atoms with van der Waals surface area (Å²) in [6, 6.07) is 18.8. The Kier molecular flexibility index (Phi) is 4.35. The van der Waals surface area contributed by atoms with Gasteiger partial charge in [-0.25, -0.2) is 0 Å². The Labute approximate surface area is 139 Å². The third-order valence-electron chi connectivity index (χ3n) is 3.78. The monoisotopic (exact) mass is 323 g/mol. The maximum Gasteiger partial charge on any atom is 0.258 e. The fourth-order valence-electron chi connectivity index (χ4n) is 2.47. The van der Waals surface area contributed by atoms with Gasteiger partial charge < -0.3 is 20.0 Å². The number of primary amides is 1. The zero-order valence-electron chi connectivity index (χ0n) is 12.9. The van der Waals surface area contributed by atoms with E-state index in [0.29, 0.717) is 29.2 Å². The minimum Gasteiger partial charge on any atom is -0.486 e. The molecule has 0 bridgehead atoms. The molecule has 0 saturated carbocycles. The minimum absolute atomic E-state index is 0.297. The predicted molar refractivity (Wildman–Crippen MR) is 88.1 cm³/mol. The summed E-state index contributed by atoms with van der Waals surface area (Å²) in [5.74, 6) is 0.463. The standard InChI is InChI=1S/C19H17NO4/c20-18(21)19(22,14-5-2-1-3-6-14)15-8-10-16(11-9-15)24-13-17-7-4-12-23-17/h1-12,22H,13H2,(H2,20,21). The molecule has 24 heavy (non-hydrogen) atoms. The molecule has 0 spiro atoms. The Balaban J connectivity index is 1.83. The molecule has 1 amide bonds. The fraction of sp³-hybridized carbons (Fsp3) is 0.105. The smallest absolute Gasteiger partial charge is 0.258 e. The molecule has 3 N–H and O–H groups in total. The van der Waals surface area contributed by atoms with E-state index in [4.69, 9.17) is 14.9 Å². The second kappa shape index (κ2) is 6.60. The van der Waals surface area contributed by atoms with E-state index < -0.39 is 11.5 Å². The highest BCUT2D eigenvalue weighted by molar-refractivity contribution is 5.88. The van der Waals surface area contributed by atoms with Crippen LogP contribution < -0.4 is 10.5 Å². The summed E-state index contributed by atoms with van der Waals surface area (Å²) in [5, 5.41) is 10.9. The molecule has 3 aromatic rings. The van der Waals surface area contributed by atoms with E-state index >= 15 is 0 Å². The summed E-state index contributed by atoms with van der Waals surface area (Å²) in [4.78, 5) is 11.9. The molecule has 5 nitrogen and oxygen atoms in total. The predicted octanol–water partition coefficient (Wildman–Crippen LogP) is 2.58. The lowest BCUT2D eigenvalue weighted by Gasteiger charge is -2.25. The van der Waals surface area contributed by atoms with Gasteiger partial charge in [-0.15, -0.1) is 0 Å². The second-order valence-electron chi connectivity index (χ2n) is 5.33. The number of hydrogen-bond donors (Lipinski definition) is 2. The third kappa shape index (κ3) is 3.02. The molecular formula is C19H17NO4. The zero-order chi connectivity index (χ0) is 17.0. The summed E-state index contributed by atoms with van der Waals surface area (Å²) in [6.45, 7) is 0.297. The molecule has 1 aromatic heterocycles. The van der Waals surface area contributed by atoms with E-state index in [0.717, 1.165) is 0 Å². The van der Waals surface area contributed by atoms with E-state index in [1.807, 2.05) is 6.07 Å². The van der Waals surface area contributed by atoms with Crippen molar-refractivity contribution in [2.24, 2.45) is 5.73 Å².